The molecule has 0 saturated heterocycles. The highest BCUT2D eigenvalue weighted by molar-refractivity contribution is 6.30. The molecule has 0 amide bonds. The molecule has 4 nitrogen and oxygen atoms in total. The molecule has 1 aliphatic carbocycles. The summed E-state index contributed by atoms with van der Waals surface area (Å²) in [4.78, 5) is 26.5. The lowest BCUT2D eigenvalue weighted by atomic mass is 9.74. The van der Waals surface area contributed by atoms with Crippen LogP contribution >= 0.6 is 11.6 Å². The summed E-state index contributed by atoms with van der Waals surface area (Å²) in [6.07, 6.45) is 0.829. The number of nitrogens with zero attached hydrogens (tertiary/aromatic N) is 1. The number of pyridine rings is 1. The van der Waals surface area contributed by atoms with E-state index in [0.717, 1.165) is 0 Å². The van der Waals surface area contributed by atoms with Gasteiger partial charge in [-0.2, -0.15) is 0 Å². The molecule has 3 aromatic rings. The summed E-state index contributed by atoms with van der Waals surface area (Å²) in [5.74, 6) is -0.374. The zero-order valence-corrected chi connectivity index (χ0v) is 16.5. The van der Waals surface area contributed by atoms with E-state index in [1.807, 2.05) is 19.9 Å². The Kier molecular flexibility index (Phi) is 4.39. The minimum Gasteiger partial charge on any atom is -0.506 e. The van der Waals surface area contributed by atoms with Gasteiger partial charge in [0.15, 0.2) is 5.78 Å². The number of benzene rings is 2. The number of fused-ring (bicyclic) bond motifs is 1. The second-order valence-corrected chi connectivity index (χ2v) is 8.41. The first-order valence-electron chi connectivity index (χ1n) is 9.14. The molecule has 1 N–H and O–H groups in total. The van der Waals surface area contributed by atoms with Gasteiger partial charge in [0.2, 0.25) is 0 Å². The Morgan fingerprint density at radius 3 is 2.21 bits per heavy atom. The zero-order valence-electron chi connectivity index (χ0n) is 15.7. The van der Waals surface area contributed by atoms with Crippen molar-refractivity contribution >= 4 is 17.4 Å². The van der Waals surface area contributed by atoms with Crippen molar-refractivity contribution in [2.75, 3.05) is 0 Å². The van der Waals surface area contributed by atoms with Gasteiger partial charge in [0.1, 0.15) is 5.75 Å². The SMILES string of the molecule is CC1(C)CC(=O)c2c(O)c(-c3ccccc3)c(=O)n(-c3ccc(Cl)cc3)c2C1. The molecule has 0 spiro atoms. The lowest BCUT2D eigenvalue weighted by molar-refractivity contribution is 0.0905. The van der Waals surface area contributed by atoms with Crippen LogP contribution in [0.15, 0.2) is 59.4 Å². The van der Waals surface area contributed by atoms with Crippen LogP contribution in [0.25, 0.3) is 16.8 Å². The molecule has 0 atom stereocenters. The van der Waals surface area contributed by atoms with E-state index in [9.17, 15) is 14.7 Å². The number of aromatic hydroxyl groups is 1. The predicted molar refractivity (Wildman–Crippen MR) is 111 cm³/mol. The summed E-state index contributed by atoms with van der Waals surface area (Å²) in [6, 6.07) is 15.9. The van der Waals surface area contributed by atoms with Gasteiger partial charge >= 0.3 is 0 Å². The second-order valence-electron chi connectivity index (χ2n) is 7.97. The molecule has 2 aromatic carbocycles. The highest BCUT2D eigenvalue weighted by atomic mass is 35.5. The van der Waals surface area contributed by atoms with E-state index >= 15 is 0 Å². The minimum atomic E-state index is -0.352. The van der Waals surface area contributed by atoms with E-state index in [0.29, 0.717) is 34.8 Å². The maximum absolute atomic E-state index is 13.5. The molecule has 1 aliphatic rings. The Bertz CT molecular complexity index is 1130. The first kappa shape index (κ1) is 18.5. The average Bonchev–Trinajstić information content (AvgIpc) is 2.62. The summed E-state index contributed by atoms with van der Waals surface area (Å²) in [7, 11) is 0. The van der Waals surface area contributed by atoms with Crippen LogP contribution in [0.1, 0.15) is 36.3 Å². The molecule has 28 heavy (non-hydrogen) atoms. The number of hydrogen-bond donors (Lipinski definition) is 1. The minimum absolute atomic E-state index is 0.141. The van der Waals surface area contributed by atoms with Crippen molar-refractivity contribution in [3.8, 4) is 22.6 Å². The maximum Gasteiger partial charge on any atom is 0.266 e. The van der Waals surface area contributed by atoms with Gasteiger partial charge in [-0.1, -0.05) is 55.8 Å². The summed E-state index contributed by atoms with van der Waals surface area (Å²) >= 11 is 6.02. The highest BCUT2D eigenvalue weighted by Crippen LogP contribution is 2.41. The molecule has 0 bridgehead atoms. The number of carbonyl (C=O) groups is 1. The van der Waals surface area contributed by atoms with Crippen LogP contribution in [0.5, 0.6) is 5.75 Å². The van der Waals surface area contributed by atoms with Gasteiger partial charge in [-0.25, -0.2) is 0 Å². The Morgan fingerprint density at radius 1 is 0.929 bits per heavy atom. The monoisotopic (exact) mass is 393 g/mol. The molecule has 4 rings (SSSR count). The number of halogens is 1. The summed E-state index contributed by atoms with van der Waals surface area (Å²) < 4.78 is 1.55. The van der Waals surface area contributed by atoms with Crippen molar-refractivity contribution in [1.82, 2.24) is 4.57 Å². The van der Waals surface area contributed by atoms with Crippen molar-refractivity contribution in [3.05, 3.63) is 81.2 Å². The zero-order chi connectivity index (χ0) is 20.1. The smallest absolute Gasteiger partial charge is 0.266 e. The third-order valence-corrected chi connectivity index (χ3v) is 5.41. The molecule has 0 radical (unpaired) electrons. The number of Topliss-reactive ketones (excluding diaryl/α,β-unsaturated/α-hetero) is 1. The van der Waals surface area contributed by atoms with Crippen molar-refractivity contribution in [2.24, 2.45) is 5.41 Å². The van der Waals surface area contributed by atoms with Gasteiger partial charge in [-0.15, -0.1) is 0 Å². The Balaban J connectivity index is 2.12. The molecule has 1 aromatic heterocycles. The van der Waals surface area contributed by atoms with Gasteiger partial charge in [-0.3, -0.25) is 14.2 Å². The van der Waals surface area contributed by atoms with E-state index in [2.05, 4.69) is 0 Å². The average molecular weight is 394 g/mol. The fraction of sp³-hybridized carbons (Fsp3) is 0.217. The Morgan fingerprint density at radius 2 is 1.57 bits per heavy atom. The molecule has 0 aliphatic heterocycles. The van der Waals surface area contributed by atoms with Crippen LogP contribution in [-0.2, 0) is 6.42 Å². The normalized spacial score (nSPS) is 15.3. The number of aromatic nitrogens is 1. The third kappa shape index (κ3) is 3.04. The second kappa shape index (κ2) is 6.64. The molecule has 5 heteroatoms. The number of ketones is 1. The number of hydrogen-bond acceptors (Lipinski definition) is 3. The highest BCUT2D eigenvalue weighted by Gasteiger charge is 2.37. The van der Waals surface area contributed by atoms with Crippen LogP contribution in [-0.4, -0.2) is 15.5 Å². The van der Waals surface area contributed by atoms with Crippen LogP contribution in [0.3, 0.4) is 0 Å². The van der Waals surface area contributed by atoms with E-state index < -0.39 is 0 Å². The van der Waals surface area contributed by atoms with Gasteiger partial charge in [0, 0.05) is 22.8 Å². The van der Waals surface area contributed by atoms with Gasteiger partial charge in [0.05, 0.1) is 11.1 Å². The van der Waals surface area contributed by atoms with Crippen LogP contribution < -0.4 is 5.56 Å². The van der Waals surface area contributed by atoms with Crippen LogP contribution in [0.4, 0.5) is 0 Å². The molecule has 142 valence electrons. The van der Waals surface area contributed by atoms with E-state index in [1.165, 1.54) is 0 Å². The molecule has 0 fully saturated rings. The predicted octanol–water partition coefficient (Wildman–Crippen LogP) is 5.02. The van der Waals surface area contributed by atoms with Crippen LogP contribution in [0, 0.1) is 5.41 Å². The standard InChI is InChI=1S/C23H20ClNO3/c1-23(2)12-17-20(18(26)13-23)21(27)19(14-6-4-3-5-7-14)22(28)25(17)16-10-8-15(24)9-11-16/h3-11,27H,12-13H2,1-2H3. The molecular weight excluding hydrogens is 374 g/mol. The Labute approximate surface area is 168 Å². The molecular formula is C23H20ClNO3. The van der Waals surface area contributed by atoms with Crippen LogP contribution in [0.2, 0.25) is 5.02 Å². The van der Waals surface area contributed by atoms with E-state index in [1.54, 1.807) is 53.1 Å². The maximum atomic E-state index is 13.5. The topological polar surface area (TPSA) is 59.3 Å². The Hall–Kier alpha value is -2.85. The fourth-order valence-corrected chi connectivity index (χ4v) is 4.06. The summed E-state index contributed by atoms with van der Waals surface area (Å²) in [5.41, 5.74) is 1.48. The number of carbonyl (C=O) groups excluding carboxylic acids is 1. The lowest BCUT2D eigenvalue weighted by Crippen LogP contribution is -2.35. The van der Waals surface area contributed by atoms with Gasteiger partial charge < -0.3 is 5.11 Å². The van der Waals surface area contributed by atoms with Gasteiger partial charge in [0.25, 0.3) is 5.56 Å². The molecule has 0 saturated carbocycles. The van der Waals surface area contributed by atoms with E-state index in [4.69, 9.17) is 11.6 Å². The first-order chi connectivity index (χ1) is 13.3. The first-order valence-corrected chi connectivity index (χ1v) is 9.52. The van der Waals surface area contributed by atoms with Crippen molar-refractivity contribution in [1.29, 1.82) is 0 Å². The van der Waals surface area contributed by atoms with Crippen molar-refractivity contribution in [2.45, 2.75) is 26.7 Å². The summed E-state index contributed by atoms with van der Waals surface area (Å²) in [5, 5.41) is 11.5. The van der Waals surface area contributed by atoms with E-state index in [-0.39, 0.29) is 33.6 Å². The van der Waals surface area contributed by atoms with Crippen molar-refractivity contribution < 1.29 is 9.90 Å². The molecule has 0 unspecified atom stereocenters. The quantitative estimate of drug-likeness (QED) is 0.665. The third-order valence-electron chi connectivity index (χ3n) is 5.16. The van der Waals surface area contributed by atoms with Crippen molar-refractivity contribution in [3.63, 3.8) is 0 Å². The lowest BCUT2D eigenvalue weighted by Gasteiger charge is -2.33. The largest absolute Gasteiger partial charge is 0.506 e. The molecule has 1 heterocycles. The summed E-state index contributed by atoms with van der Waals surface area (Å²) in [6.45, 7) is 3.99. The number of rotatable bonds is 2. The van der Waals surface area contributed by atoms with Gasteiger partial charge in [-0.05, 0) is 41.7 Å². The fourth-order valence-electron chi connectivity index (χ4n) is 3.94.